The maximum atomic E-state index is 11.9. The fourth-order valence-corrected chi connectivity index (χ4v) is 2.21. The summed E-state index contributed by atoms with van der Waals surface area (Å²) in [6.07, 6.45) is 2.55. The minimum Gasteiger partial charge on any atom is -0.467 e. The van der Waals surface area contributed by atoms with Crippen LogP contribution in [0.5, 0.6) is 0 Å². The Hall–Kier alpha value is -2.08. The molecule has 2 aromatic rings. The molecule has 0 saturated carbocycles. The van der Waals surface area contributed by atoms with E-state index in [1.807, 2.05) is 16.8 Å². The van der Waals surface area contributed by atoms with Crippen LogP contribution < -0.4 is 5.32 Å². The maximum Gasteiger partial charge on any atom is 0.272 e. The van der Waals surface area contributed by atoms with Crippen LogP contribution in [0.2, 0.25) is 0 Å². The predicted octanol–water partition coefficient (Wildman–Crippen LogP) is 0.977. The molecule has 100 valence electrons. The van der Waals surface area contributed by atoms with E-state index in [-0.39, 0.29) is 12.0 Å². The van der Waals surface area contributed by atoms with Crippen molar-refractivity contribution in [2.75, 3.05) is 7.11 Å². The highest BCUT2D eigenvalue weighted by Crippen LogP contribution is 2.17. The lowest BCUT2D eigenvalue weighted by Gasteiger charge is -2.05. The molecule has 6 nitrogen and oxygen atoms in total. The van der Waals surface area contributed by atoms with Gasteiger partial charge in [-0.15, -0.1) is 0 Å². The average Bonchev–Trinajstić information content (AvgIpc) is 3.10. The second-order valence-electron chi connectivity index (χ2n) is 4.53. The first-order valence-electron chi connectivity index (χ1n) is 6.16. The summed E-state index contributed by atoms with van der Waals surface area (Å²) in [4.78, 5) is 11.9. The number of hydrogen-bond donors (Lipinski definition) is 1. The van der Waals surface area contributed by atoms with Gasteiger partial charge < -0.3 is 14.5 Å². The highest BCUT2D eigenvalue weighted by atomic mass is 16.5. The number of amides is 1. The third kappa shape index (κ3) is 2.39. The van der Waals surface area contributed by atoms with Crippen LogP contribution in [0.4, 0.5) is 0 Å². The van der Waals surface area contributed by atoms with Gasteiger partial charge in [0.25, 0.3) is 5.91 Å². The summed E-state index contributed by atoms with van der Waals surface area (Å²) in [5.41, 5.74) is 1.48. The summed E-state index contributed by atoms with van der Waals surface area (Å²) < 4.78 is 12.3. The highest BCUT2D eigenvalue weighted by Gasteiger charge is 2.24. The molecule has 0 bridgehead atoms. The zero-order valence-electron chi connectivity index (χ0n) is 10.6. The number of nitrogens with zero attached hydrogens (tertiary/aromatic N) is 2. The van der Waals surface area contributed by atoms with E-state index in [0.717, 1.165) is 17.9 Å². The number of methoxy groups -OCH3 is 1. The molecule has 0 fully saturated rings. The number of carbonyl (C=O) groups excluding carboxylic acids is 1. The lowest BCUT2D eigenvalue weighted by Crippen LogP contribution is -2.23. The summed E-state index contributed by atoms with van der Waals surface area (Å²) in [5, 5.41) is 7.06. The SMILES string of the molecule is CO[C@H]1Cc2cc(C(=O)NCc3ccco3)nn2C1. The summed E-state index contributed by atoms with van der Waals surface area (Å²) in [6.45, 7) is 1.08. The van der Waals surface area contributed by atoms with Gasteiger partial charge in [0.2, 0.25) is 0 Å². The van der Waals surface area contributed by atoms with Gasteiger partial charge in [0.1, 0.15) is 11.5 Å². The molecule has 19 heavy (non-hydrogen) atoms. The van der Waals surface area contributed by atoms with E-state index in [1.54, 1.807) is 19.4 Å². The molecule has 3 rings (SSSR count). The summed E-state index contributed by atoms with van der Waals surface area (Å²) >= 11 is 0. The van der Waals surface area contributed by atoms with Crippen LogP contribution in [-0.2, 0) is 24.2 Å². The van der Waals surface area contributed by atoms with E-state index in [4.69, 9.17) is 9.15 Å². The quantitative estimate of drug-likeness (QED) is 0.890. The first kappa shape index (κ1) is 12.0. The molecular formula is C13H15N3O3. The number of hydrogen-bond acceptors (Lipinski definition) is 4. The molecule has 1 aliphatic heterocycles. The molecule has 3 heterocycles. The first-order valence-corrected chi connectivity index (χ1v) is 6.16. The zero-order valence-corrected chi connectivity index (χ0v) is 10.6. The van der Waals surface area contributed by atoms with E-state index in [1.165, 1.54) is 0 Å². The normalized spacial score (nSPS) is 17.4. The van der Waals surface area contributed by atoms with E-state index in [0.29, 0.717) is 18.8 Å². The van der Waals surface area contributed by atoms with Gasteiger partial charge >= 0.3 is 0 Å². The monoisotopic (exact) mass is 261 g/mol. The molecule has 2 aromatic heterocycles. The summed E-state index contributed by atoms with van der Waals surface area (Å²) in [5.74, 6) is 0.534. The molecule has 0 aliphatic carbocycles. The zero-order chi connectivity index (χ0) is 13.2. The van der Waals surface area contributed by atoms with Crippen molar-refractivity contribution in [3.63, 3.8) is 0 Å². The van der Waals surface area contributed by atoms with Gasteiger partial charge in [0, 0.05) is 19.2 Å². The van der Waals surface area contributed by atoms with E-state index < -0.39 is 0 Å². The number of nitrogens with one attached hydrogen (secondary N) is 1. The van der Waals surface area contributed by atoms with E-state index >= 15 is 0 Å². The molecule has 1 N–H and O–H groups in total. The minimum atomic E-state index is -0.188. The van der Waals surface area contributed by atoms with Crippen LogP contribution in [-0.4, -0.2) is 28.9 Å². The van der Waals surface area contributed by atoms with Crippen molar-refractivity contribution in [3.8, 4) is 0 Å². The van der Waals surface area contributed by atoms with Crippen LogP contribution in [0.3, 0.4) is 0 Å². The molecule has 0 radical (unpaired) electrons. The molecule has 0 unspecified atom stereocenters. The average molecular weight is 261 g/mol. The first-order chi connectivity index (χ1) is 9.26. The van der Waals surface area contributed by atoms with Crippen LogP contribution >= 0.6 is 0 Å². The fraction of sp³-hybridized carbons (Fsp3) is 0.385. The predicted molar refractivity (Wildman–Crippen MR) is 66.6 cm³/mol. The smallest absolute Gasteiger partial charge is 0.272 e. The van der Waals surface area contributed by atoms with Gasteiger partial charge in [-0.1, -0.05) is 0 Å². The molecular weight excluding hydrogens is 246 g/mol. The Morgan fingerprint density at radius 2 is 2.58 bits per heavy atom. The van der Waals surface area contributed by atoms with Crippen molar-refractivity contribution < 1.29 is 13.9 Å². The van der Waals surface area contributed by atoms with Crippen molar-refractivity contribution in [2.24, 2.45) is 0 Å². The third-order valence-corrected chi connectivity index (χ3v) is 3.25. The van der Waals surface area contributed by atoms with Crippen LogP contribution in [0.1, 0.15) is 21.9 Å². The maximum absolute atomic E-state index is 11.9. The van der Waals surface area contributed by atoms with Gasteiger partial charge in [0.05, 0.1) is 25.5 Å². The van der Waals surface area contributed by atoms with Crippen LogP contribution in [0.25, 0.3) is 0 Å². The van der Waals surface area contributed by atoms with E-state index in [2.05, 4.69) is 10.4 Å². The van der Waals surface area contributed by atoms with Gasteiger partial charge in [-0.05, 0) is 18.2 Å². The molecule has 1 aliphatic rings. The third-order valence-electron chi connectivity index (χ3n) is 3.25. The topological polar surface area (TPSA) is 69.3 Å². The molecule has 0 spiro atoms. The van der Waals surface area contributed by atoms with Gasteiger partial charge in [0.15, 0.2) is 0 Å². The fourth-order valence-electron chi connectivity index (χ4n) is 2.21. The minimum absolute atomic E-state index is 0.169. The van der Waals surface area contributed by atoms with Crippen LogP contribution in [0.15, 0.2) is 28.9 Å². The standard InChI is InChI=1S/C13H15N3O3/c1-18-11-5-9-6-12(15-16(9)8-11)13(17)14-7-10-3-2-4-19-10/h2-4,6,11H,5,7-8H2,1H3,(H,14,17)/t11-/m0/s1. The molecule has 1 atom stereocenters. The van der Waals surface area contributed by atoms with Gasteiger partial charge in [-0.2, -0.15) is 5.10 Å². The second-order valence-corrected chi connectivity index (χ2v) is 4.53. The molecule has 1 amide bonds. The van der Waals surface area contributed by atoms with Gasteiger partial charge in [-0.25, -0.2) is 0 Å². The lowest BCUT2D eigenvalue weighted by atomic mass is 10.2. The number of aromatic nitrogens is 2. The number of fused-ring (bicyclic) bond motifs is 1. The number of carbonyl (C=O) groups is 1. The second kappa shape index (κ2) is 4.89. The Bertz CT molecular complexity index is 550. The summed E-state index contributed by atoms with van der Waals surface area (Å²) in [6, 6.07) is 5.42. The summed E-state index contributed by atoms with van der Waals surface area (Å²) in [7, 11) is 1.69. The van der Waals surface area contributed by atoms with E-state index in [9.17, 15) is 4.79 Å². The van der Waals surface area contributed by atoms with Gasteiger partial charge in [-0.3, -0.25) is 9.48 Å². The lowest BCUT2D eigenvalue weighted by molar-refractivity contribution is 0.0931. The Morgan fingerprint density at radius 1 is 1.68 bits per heavy atom. The van der Waals surface area contributed by atoms with Crippen molar-refractivity contribution in [1.82, 2.24) is 15.1 Å². The largest absolute Gasteiger partial charge is 0.467 e. The molecule has 6 heteroatoms. The highest BCUT2D eigenvalue weighted by molar-refractivity contribution is 5.92. The Labute approximate surface area is 110 Å². The Balaban J connectivity index is 1.62. The molecule has 0 aromatic carbocycles. The van der Waals surface area contributed by atoms with Crippen molar-refractivity contribution >= 4 is 5.91 Å². The van der Waals surface area contributed by atoms with Crippen molar-refractivity contribution in [2.45, 2.75) is 25.6 Å². The van der Waals surface area contributed by atoms with Crippen LogP contribution in [0, 0.1) is 0 Å². The Morgan fingerprint density at radius 3 is 3.26 bits per heavy atom. The number of ether oxygens (including phenoxy) is 1. The molecule has 0 saturated heterocycles. The number of rotatable bonds is 4. The van der Waals surface area contributed by atoms with Crippen molar-refractivity contribution in [1.29, 1.82) is 0 Å². The Kier molecular flexibility index (Phi) is 3.08. The van der Waals surface area contributed by atoms with Crippen molar-refractivity contribution in [3.05, 3.63) is 41.6 Å². The number of furan rings is 1.